The molecule has 0 aliphatic rings. The fraction of sp³-hybridized carbons (Fsp3) is 0. The normalized spacial score (nSPS) is 10.5. The third kappa shape index (κ3) is 10.5. The number of hydrogen-bond donors (Lipinski definition) is 1. The molecule has 0 bridgehead atoms. The molecular weight excluding hydrogens is 795 g/mol. The van der Waals surface area contributed by atoms with Crippen LogP contribution >= 0.6 is 0 Å². The van der Waals surface area contributed by atoms with E-state index in [1.54, 1.807) is 37.2 Å². The van der Waals surface area contributed by atoms with Gasteiger partial charge in [0.05, 0.1) is 33.8 Å². The van der Waals surface area contributed by atoms with Crippen molar-refractivity contribution in [2.75, 3.05) is 5.73 Å². The zero-order chi connectivity index (χ0) is 37.0. The Morgan fingerprint density at radius 2 is 0.889 bits per heavy atom. The van der Waals surface area contributed by atoms with Gasteiger partial charge >= 0.3 is 19.5 Å². The van der Waals surface area contributed by atoms with Gasteiger partial charge in [-0.3, -0.25) is 24.9 Å². The van der Waals surface area contributed by atoms with E-state index in [9.17, 15) is 0 Å². The van der Waals surface area contributed by atoms with Crippen LogP contribution in [0, 0.1) is 10.2 Å². The molecule has 0 saturated heterocycles. The van der Waals surface area contributed by atoms with Gasteiger partial charge in [-0.25, -0.2) is 28.6 Å². The number of nitrogens with zero attached hydrogens (tertiary/aromatic N) is 8. The smallest absolute Gasteiger partial charge is 0.662 e. The summed E-state index contributed by atoms with van der Waals surface area (Å²) >= 11 is 0. The van der Waals surface area contributed by atoms with Crippen LogP contribution in [0.15, 0.2) is 159 Å². The topological polar surface area (TPSA) is 223 Å². The molecule has 268 valence electrons. The zero-order valence-electron chi connectivity index (χ0n) is 28.0. The van der Waals surface area contributed by atoms with Gasteiger partial charge in [0.25, 0.3) is 0 Å². The Balaban J connectivity index is 0.000000158. The van der Waals surface area contributed by atoms with Gasteiger partial charge in [-0.1, -0.05) is 36.4 Å². The van der Waals surface area contributed by atoms with Crippen LogP contribution in [0.4, 0.5) is 5.69 Å². The number of fused-ring (bicyclic) bond motifs is 6. The molecule has 0 aliphatic carbocycles. The predicted molar refractivity (Wildman–Crippen MR) is 190 cm³/mol. The second-order valence-corrected chi connectivity index (χ2v) is 11.7. The standard InChI is InChI=1S/C19H12N5.2C10H8N2.ClHO4.Ru/c20-12-7-5-11(6-8-12)19-23-17-13-3-1-9-21-15(13)16-14(18(17)24-19)4-2-10-22-16;2*1-3-7-11-9(5-1)10-6-2-4-8-12-10;2-1(3,4)5;/h1-10H,20H2;2*1-8H;(H,2,3,4,5);/q-1;;;;+2/p-1. The van der Waals surface area contributed by atoms with Gasteiger partial charge in [0.15, 0.2) is 5.82 Å². The maximum Gasteiger partial charge on any atom is 2.00 e. The van der Waals surface area contributed by atoms with Crippen molar-refractivity contribution in [3.63, 3.8) is 0 Å². The summed E-state index contributed by atoms with van der Waals surface area (Å²) in [5.41, 5.74) is 14.5. The maximum absolute atomic E-state index is 8.49. The van der Waals surface area contributed by atoms with Crippen LogP contribution in [0.25, 0.3) is 67.0 Å². The molecule has 9 aromatic rings. The minimum absolute atomic E-state index is 0. The van der Waals surface area contributed by atoms with Crippen molar-refractivity contribution in [2.45, 2.75) is 0 Å². The van der Waals surface area contributed by atoms with Gasteiger partial charge in [0.1, 0.15) is 5.52 Å². The first-order valence-corrected chi connectivity index (χ1v) is 17.1. The van der Waals surface area contributed by atoms with E-state index in [0.717, 1.165) is 66.9 Å². The first-order chi connectivity index (χ1) is 25.7. The van der Waals surface area contributed by atoms with Gasteiger partial charge in [-0.05, 0) is 90.3 Å². The van der Waals surface area contributed by atoms with Crippen molar-refractivity contribution in [1.82, 2.24) is 39.9 Å². The summed E-state index contributed by atoms with van der Waals surface area (Å²) in [5.74, 6) is 0.687. The summed E-state index contributed by atoms with van der Waals surface area (Å²) in [6.07, 6.45) is 10.6. The molecule has 0 radical (unpaired) electrons. The van der Waals surface area contributed by atoms with E-state index < -0.39 is 10.2 Å². The van der Waals surface area contributed by atoms with Crippen molar-refractivity contribution in [1.29, 1.82) is 0 Å². The molecule has 9 rings (SSSR count). The SMILES string of the molecule is Nc1ccc(-c2nc3c4cccnc4c4[n-]cccc4c3n2)cc1.[O-][Cl+3]([O-])([O-])[O-].[Ru+2].c1ccc(-c2ccccn2)nc1.c1ccc(-c2ccccn2)nc1. The minimum Gasteiger partial charge on any atom is -0.662 e. The average Bonchev–Trinajstić information content (AvgIpc) is 3.66. The van der Waals surface area contributed by atoms with Crippen molar-refractivity contribution in [3.05, 3.63) is 159 Å². The van der Waals surface area contributed by atoms with E-state index in [2.05, 4.69) is 29.9 Å². The quantitative estimate of drug-likeness (QED) is 0.154. The van der Waals surface area contributed by atoms with Gasteiger partial charge < -0.3 is 10.7 Å². The first-order valence-electron chi connectivity index (χ1n) is 15.8. The maximum atomic E-state index is 8.49. The number of aromatic nitrogens is 8. The molecule has 0 saturated carbocycles. The van der Waals surface area contributed by atoms with E-state index in [-0.39, 0.29) is 19.5 Å². The van der Waals surface area contributed by atoms with Crippen molar-refractivity contribution >= 4 is 38.5 Å². The van der Waals surface area contributed by atoms with E-state index in [1.165, 1.54) is 0 Å². The Hall–Kier alpha value is -6.12. The molecule has 0 fully saturated rings. The van der Waals surface area contributed by atoms with Crippen LogP contribution in [0.2, 0.25) is 0 Å². The Morgan fingerprint density at radius 1 is 0.463 bits per heavy atom. The molecule has 7 heterocycles. The van der Waals surface area contributed by atoms with E-state index in [1.807, 2.05) is 121 Å². The summed E-state index contributed by atoms with van der Waals surface area (Å²) in [4.78, 5) is 35.3. The molecular formula is C39H28ClN9O4Ru. The molecule has 0 atom stereocenters. The molecule has 2 aromatic carbocycles. The first kappa shape index (κ1) is 39.1. The van der Waals surface area contributed by atoms with Crippen molar-refractivity contribution < 1.29 is 48.4 Å². The van der Waals surface area contributed by atoms with Gasteiger partial charge in [-0.2, -0.15) is 6.20 Å². The van der Waals surface area contributed by atoms with Crippen LogP contribution in [-0.4, -0.2) is 34.9 Å². The molecule has 0 aliphatic heterocycles. The van der Waals surface area contributed by atoms with Crippen LogP contribution in [0.1, 0.15) is 0 Å². The zero-order valence-corrected chi connectivity index (χ0v) is 30.5. The second kappa shape index (κ2) is 18.6. The fourth-order valence-electron chi connectivity index (χ4n) is 5.11. The minimum atomic E-state index is -4.94. The Labute approximate surface area is 323 Å². The van der Waals surface area contributed by atoms with Crippen LogP contribution in [0.5, 0.6) is 0 Å². The molecule has 13 nitrogen and oxygen atoms in total. The number of hydrogen-bond acceptors (Lipinski definition) is 12. The molecule has 0 amide bonds. The molecule has 0 unspecified atom stereocenters. The summed E-state index contributed by atoms with van der Waals surface area (Å²) in [7, 11) is -4.94. The summed E-state index contributed by atoms with van der Waals surface area (Å²) in [6, 6.07) is 38.6. The Morgan fingerprint density at radius 3 is 1.33 bits per heavy atom. The number of halogens is 1. The van der Waals surface area contributed by atoms with Crippen LogP contribution in [0.3, 0.4) is 0 Å². The number of anilines is 1. The number of rotatable bonds is 3. The summed E-state index contributed by atoms with van der Waals surface area (Å²) in [5, 5.41) is 1.93. The third-order valence-corrected chi connectivity index (χ3v) is 7.36. The van der Waals surface area contributed by atoms with Crippen molar-refractivity contribution in [2.24, 2.45) is 0 Å². The van der Waals surface area contributed by atoms with Gasteiger partial charge in [-0.15, -0.1) is 15.8 Å². The predicted octanol–water partition coefficient (Wildman–Crippen LogP) is 3.07. The summed E-state index contributed by atoms with van der Waals surface area (Å²) < 4.78 is 34.0. The molecule has 7 aromatic heterocycles. The number of nitrogen functional groups attached to an aromatic ring is 1. The summed E-state index contributed by atoms with van der Waals surface area (Å²) in [6.45, 7) is 0. The molecule has 54 heavy (non-hydrogen) atoms. The average molecular weight is 823 g/mol. The molecule has 15 heteroatoms. The third-order valence-electron chi connectivity index (χ3n) is 7.36. The Bertz CT molecular complexity index is 2280. The fourth-order valence-corrected chi connectivity index (χ4v) is 5.11. The number of benzene rings is 2. The number of imidazole rings is 1. The van der Waals surface area contributed by atoms with Crippen LogP contribution in [-0.2, 0) is 19.5 Å². The molecule has 0 spiro atoms. The monoisotopic (exact) mass is 823 g/mol. The van der Waals surface area contributed by atoms with E-state index in [0.29, 0.717) is 5.82 Å². The number of pyridine rings is 6. The Kier molecular flexibility index (Phi) is 13.5. The van der Waals surface area contributed by atoms with Gasteiger partial charge in [0, 0.05) is 47.6 Å². The largest absolute Gasteiger partial charge is 2.00 e. The molecule has 2 N–H and O–H groups in total. The van der Waals surface area contributed by atoms with Crippen molar-refractivity contribution in [3.8, 4) is 34.2 Å². The van der Waals surface area contributed by atoms with Crippen LogP contribution < -0.4 is 29.4 Å². The van der Waals surface area contributed by atoms with E-state index in [4.69, 9.17) is 34.3 Å². The number of nitrogens with two attached hydrogens (primary N) is 1. The van der Waals surface area contributed by atoms with Gasteiger partial charge in [0.2, 0.25) is 0 Å². The second-order valence-electron chi connectivity index (χ2n) is 10.9. The van der Waals surface area contributed by atoms with E-state index >= 15 is 0 Å².